The van der Waals surface area contributed by atoms with Crippen molar-refractivity contribution < 1.29 is 50.1 Å². The smallest absolute Gasteiger partial charge is 0.429 e. The van der Waals surface area contributed by atoms with Gasteiger partial charge in [0.25, 0.3) is 0 Å². The second-order valence-electron chi connectivity index (χ2n) is 16.4. The molecule has 0 bridgehead atoms. The second kappa shape index (κ2) is 16.0. The topological polar surface area (TPSA) is 110 Å². The number of terminal acetylenes is 1. The minimum absolute atomic E-state index is 0.00157. The molecule has 2 atom stereocenters. The lowest BCUT2D eigenvalue weighted by molar-refractivity contribution is 0.0231. The van der Waals surface area contributed by atoms with E-state index in [2.05, 4.69) is 15.9 Å². The Morgan fingerprint density at radius 3 is 2.43 bits per heavy atom. The third kappa shape index (κ3) is 7.96. The van der Waals surface area contributed by atoms with Gasteiger partial charge in [-0.3, -0.25) is 14.9 Å². The number of anilines is 1. The van der Waals surface area contributed by atoms with Crippen molar-refractivity contribution in [1.82, 2.24) is 24.9 Å². The van der Waals surface area contributed by atoms with E-state index in [1.165, 1.54) is 23.3 Å². The van der Waals surface area contributed by atoms with Crippen LogP contribution >= 0.6 is 0 Å². The van der Waals surface area contributed by atoms with Crippen LogP contribution in [0.1, 0.15) is 75.2 Å². The van der Waals surface area contributed by atoms with E-state index >= 15 is 8.78 Å². The predicted molar refractivity (Wildman–Crippen MR) is 212 cm³/mol. The van der Waals surface area contributed by atoms with Crippen molar-refractivity contribution in [2.45, 2.75) is 76.6 Å². The first kappa shape index (κ1) is 41.6. The Morgan fingerprint density at radius 1 is 0.934 bits per heavy atom. The van der Waals surface area contributed by atoms with E-state index in [1.807, 2.05) is 4.90 Å². The van der Waals surface area contributed by atoms with E-state index in [9.17, 15) is 27.2 Å². The van der Waals surface area contributed by atoms with Crippen LogP contribution in [-0.4, -0.2) is 87.0 Å². The number of benzene rings is 3. The standard InChI is InChI=1S/C44H40F6N6O5/c1-5-28-31(46)11-10-24-16-27(60-40(57)25-17-32(47)35(49)33(48)18-25)19-29(34(24)28)37-36(50)38-30(21-51-37)39(55-14-7-6-8-15-56(55)42(58)61-43(2,3)4)53-41(52-38)59-23-44-12-9-13-54(44)22-26(45)20-44/h1,10-11,16-19,21,26H,6-9,12-15,20,22-23H2,2-4H3/t26-,44+/m1/s1. The Kier molecular flexibility index (Phi) is 10.9. The van der Waals surface area contributed by atoms with Gasteiger partial charge in [-0.05, 0) is 95.1 Å². The third-order valence-corrected chi connectivity index (χ3v) is 11.1. The highest BCUT2D eigenvalue weighted by atomic mass is 19.2. The number of carbonyl (C=O) groups is 2. The lowest BCUT2D eigenvalue weighted by atomic mass is 9.95. The predicted octanol–water partition coefficient (Wildman–Crippen LogP) is 8.84. The zero-order chi connectivity index (χ0) is 43.4. The number of hydrogen-bond donors (Lipinski definition) is 0. The molecule has 8 rings (SSSR count). The zero-order valence-corrected chi connectivity index (χ0v) is 33.5. The summed E-state index contributed by atoms with van der Waals surface area (Å²) in [6.45, 7) is 6.66. The fourth-order valence-corrected chi connectivity index (χ4v) is 8.42. The highest BCUT2D eigenvalue weighted by Gasteiger charge is 2.49. The second-order valence-corrected chi connectivity index (χ2v) is 16.4. The summed E-state index contributed by atoms with van der Waals surface area (Å²) < 4.78 is 107. The van der Waals surface area contributed by atoms with Crippen molar-refractivity contribution in [2.24, 2.45) is 0 Å². The van der Waals surface area contributed by atoms with Gasteiger partial charge in [0.15, 0.2) is 29.1 Å². The van der Waals surface area contributed by atoms with Gasteiger partial charge in [0.05, 0.1) is 22.1 Å². The molecule has 0 radical (unpaired) electrons. The fraction of sp³-hybridized carbons (Fsp3) is 0.386. The number of fused-ring (bicyclic) bond motifs is 3. The van der Waals surface area contributed by atoms with E-state index in [0.717, 1.165) is 25.0 Å². The van der Waals surface area contributed by atoms with Gasteiger partial charge < -0.3 is 14.2 Å². The van der Waals surface area contributed by atoms with Gasteiger partial charge in [0.2, 0.25) is 0 Å². The van der Waals surface area contributed by atoms with Gasteiger partial charge in [-0.1, -0.05) is 12.0 Å². The van der Waals surface area contributed by atoms with Crippen molar-refractivity contribution in [3.63, 3.8) is 0 Å². The minimum atomic E-state index is -1.78. The van der Waals surface area contributed by atoms with Gasteiger partial charge >= 0.3 is 18.1 Å². The Balaban J connectivity index is 1.29. The van der Waals surface area contributed by atoms with Crippen molar-refractivity contribution in [3.8, 4) is 35.4 Å². The molecule has 2 aromatic heterocycles. The SMILES string of the molecule is C#Cc1c(F)ccc2cc(OC(=O)c3cc(F)c(F)c(F)c3)cc(-c3ncc4c(N5CCCCCN5C(=O)OC(C)(C)C)nc(OC[C@@]56CCCN5C[C@H](F)C6)nc4c3F)c12. The van der Waals surface area contributed by atoms with Crippen LogP contribution in [0.15, 0.2) is 42.6 Å². The summed E-state index contributed by atoms with van der Waals surface area (Å²) in [5.41, 5.74) is -3.32. The molecule has 0 unspecified atom stereocenters. The number of rotatable bonds is 7. The molecule has 0 saturated carbocycles. The normalized spacial score (nSPS) is 19.5. The summed E-state index contributed by atoms with van der Waals surface area (Å²) >= 11 is 0. The number of alkyl halides is 1. The van der Waals surface area contributed by atoms with Crippen molar-refractivity contribution in [3.05, 3.63) is 82.8 Å². The third-order valence-electron chi connectivity index (χ3n) is 11.1. The molecule has 3 aliphatic heterocycles. The molecule has 3 fully saturated rings. The number of esters is 1. The average molecular weight is 847 g/mol. The molecular formula is C44H40F6N6O5. The first-order valence-electron chi connectivity index (χ1n) is 19.8. The van der Waals surface area contributed by atoms with Crippen LogP contribution in [0.3, 0.4) is 0 Å². The zero-order valence-electron chi connectivity index (χ0n) is 33.5. The maximum absolute atomic E-state index is 17.5. The van der Waals surface area contributed by atoms with Gasteiger partial charge in [0, 0.05) is 43.2 Å². The van der Waals surface area contributed by atoms with Gasteiger partial charge in [-0.15, -0.1) is 6.42 Å². The lowest BCUT2D eigenvalue weighted by Crippen LogP contribution is -2.49. The van der Waals surface area contributed by atoms with Crippen LogP contribution in [0, 0.1) is 41.4 Å². The molecule has 3 saturated heterocycles. The van der Waals surface area contributed by atoms with Crippen LogP contribution in [-0.2, 0) is 4.74 Å². The van der Waals surface area contributed by atoms with E-state index < -0.39 is 69.7 Å². The molecule has 0 N–H and O–H groups in total. The Hall–Kier alpha value is -6.15. The van der Waals surface area contributed by atoms with Crippen LogP contribution in [0.25, 0.3) is 32.9 Å². The van der Waals surface area contributed by atoms with Crippen molar-refractivity contribution >= 4 is 39.6 Å². The Labute approximate surface area is 346 Å². The molecule has 11 nitrogen and oxygen atoms in total. The molecule has 1 amide bonds. The largest absolute Gasteiger partial charge is 0.461 e. The quantitative estimate of drug-likeness (QED) is 0.0518. The summed E-state index contributed by atoms with van der Waals surface area (Å²) in [5.74, 6) is -6.15. The number of pyridine rings is 1. The van der Waals surface area contributed by atoms with E-state index in [4.69, 9.17) is 25.6 Å². The van der Waals surface area contributed by atoms with Crippen LogP contribution < -0.4 is 14.5 Å². The van der Waals surface area contributed by atoms with Crippen LogP contribution in [0.4, 0.5) is 37.0 Å². The molecule has 3 aromatic carbocycles. The molecule has 17 heteroatoms. The molecule has 0 spiro atoms. The number of ether oxygens (including phenoxy) is 3. The summed E-state index contributed by atoms with van der Waals surface area (Å²) in [4.78, 5) is 42.6. The Bertz CT molecular complexity index is 2610. The highest BCUT2D eigenvalue weighted by Crippen LogP contribution is 2.42. The summed E-state index contributed by atoms with van der Waals surface area (Å²) in [7, 11) is 0. The van der Waals surface area contributed by atoms with Crippen LogP contribution in [0.2, 0.25) is 0 Å². The molecule has 61 heavy (non-hydrogen) atoms. The molecular weight excluding hydrogens is 807 g/mol. The van der Waals surface area contributed by atoms with Crippen molar-refractivity contribution in [1.29, 1.82) is 0 Å². The number of aromatic nitrogens is 3. The highest BCUT2D eigenvalue weighted by molar-refractivity contribution is 6.03. The average Bonchev–Trinajstić information content (AvgIpc) is 3.61. The van der Waals surface area contributed by atoms with Gasteiger partial charge in [-0.2, -0.15) is 9.97 Å². The van der Waals surface area contributed by atoms with Gasteiger partial charge in [0.1, 0.15) is 41.2 Å². The Morgan fingerprint density at radius 2 is 1.69 bits per heavy atom. The summed E-state index contributed by atoms with van der Waals surface area (Å²) in [6, 6.07) is 5.43. The maximum Gasteiger partial charge on any atom is 0.429 e. The fourth-order valence-electron chi connectivity index (χ4n) is 8.42. The minimum Gasteiger partial charge on any atom is -0.461 e. The lowest BCUT2D eigenvalue weighted by Gasteiger charge is -2.36. The molecule has 0 aliphatic carbocycles. The first-order valence-corrected chi connectivity index (χ1v) is 19.8. The first-order chi connectivity index (χ1) is 29.1. The number of nitrogens with zero attached hydrogens (tertiary/aromatic N) is 6. The monoisotopic (exact) mass is 846 g/mol. The summed E-state index contributed by atoms with van der Waals surface area (Å²) in [5, 5.41) is 3.20. The van der Waals surface area contributed by atoms with E-state index in [0.29, 0.717) is 37.9 Å². The number of carbonyl (C=O) groups excluding carboxylic acids is 2. The number of amides is 1. The molecule has 3 aliphatic rings. The van der Waals surface area contributed by atoms with Crippen molar-refractivity contribution in [2.75, 3.05) is 37.8 Å². The van der Waals surface area contributed by atoms with E-state index in [1.54, 1.807) is 25.8 Å². The summed E-state index contributed by atoms with van der Waals surface area (Å²) in [6.07, 6.45) is 9.08. The molecule has 5 aromatic rings. The molecule has 318 valence electrons. The number of halogens is 6. The number of hydrazine groups is 1. The van der Waals surface area contributed by atoms with Crippen LogP contribution in [0.5, 0.6) is 11.8 Å². The van der Waals surface area contributed by atoms with Gasteiger partial charge in [-0.25, -0.2) is 40.9 Å². The molecule has 5 heterocycles. The maximum atomic E-state index is 17.5. The number of hydrogen-bond acceptors (Lipinski definition) is 10. The van der Waals surface area contributed by atoms with E-state index in [-0.39, 0.29) is 83.0 Å².